The Balaban J connectivity index is 1.48. The first-order chi connectivity index (χ1) is 15.7. The molecule has 0 spiro atoms. The molecule has 2 aliphatic rings. The Morgan fingerprint density at radius 3 is 2.38 bits per heavy atom. The van der Waals surface area contributed by atoms with Gasteiger partial charge in [0.25, 0.3) is 5.91 Å². The van der Waals surface area contributed by atoms with Crippen molar-refractivity contribution in [1.82, 2.24) is 9.88 Å². The van der Waals surface area contributed by atoms with Gasteiger partial charge in [-0.05, 0) is 11.1 Å². The zero-order valence-corrected chi connectivity index (χ0v) is 17.7. The Bertz CT molecular complexity index is 1220. The van der Waals surface area contributed by atoms with Crippen LogP contribution in [0, 0.1) is 0 Å². The van der Waals surface area contributed by atoms with Crippen molar-refractivity contribution in [3.8, 4) is 5.88 Å². The Hall–Kier alpha value is -4.06. The number of methoxy groups -OCH3 is 1. The summed E-state index contributed by atoms with van der Waals surface area (Å²) < 4.78 is 5.12. The highest BCUT2D eigenvalue weighted by molar-refractivity contribution is 6.47. The molecule has 1 unspecified atom stereocenters. The number of aromatic nitrogens is 1. The largest absolute Gasteiger partial charge is 0.481 e. The van der Waals surface area contributed by atoms with E-state index in [9.17, 15) is 4.79 Å². The van der Waals surface area contributed by atoms with Gasteiger partial charge in [-0.15, -0.1) is 0 Å². The van der Waals surface area contributed by atoms with Crippen LogP contribution in [0.1, 0.15) is 16.7 Å². The van der Waals surface area contributed by atoms with Crippen molar-refractivity contribution in [3.63, 3.8) is 0 Å². The molecule has 158 valence electrons. The fourth-order valence-electron chi connectivity index (χ4n) is 3.88. The smallest absolute Gasteiger partial charge is 0.257 e. The Morgan fingerprint density at radius 1 is 0.938 bits per heavy atom. The van der Waals surface area contributed by atoms with Crippen LogP contribution in [0.25, 0.3) is 5.70 Å². The lowest BCUT2D eigenvalue weighted by Crippen LogP contribution is -2.38. The highest BCUT2D eigenvalue weighted by Gasteiger charge is 2.38. The topological polar surface area (TPSA) is 67.2 Å². The number of benzene rings is 2. The van der Waals surface area contributed by atoms with Crippen LogP contribution in [0.3, 0.4) is 0 Å². The molecule has 0 bridgehead atoms. The van der Waals surface area contributed by atoms with Gasteiger partial charge in [-0.3, -0.25) is 14.7 Å². The molecule has 2 aliphatic heterocycles. The van der Waals surface area contributed by atoms with E-state index in [4.69, 9.17) is 14.7 Å². The van der Waals surface area contributed by atoms with Gasteiger partial charge in [0.05, 0.1) is 18.5 Å². The molecule has 5 rings (SSSR count). The SMILES string of the molecule is COc1ccc(CC2N=C3C(Cc4ccccc4)=NC(c4ccccc4)=CN3C2=O)cn1. The van der Waals surface area contributed by atoms with Gasteiger partial charge in [0.2, 0.25) is 5.88 Å². The molecule has 1 amide bonds. The summed E-state index contributed by atoms with van der Waals surface area (Å²) in [5.41, 5.74) is 4.57. The van der Waals surface area contributed by atoms with Crippen molar-refractivity contribution in [2.24, 2.45) is 9.98 Å². The molecule has 0 N–H and O–H groups in total. The van der Waals surface area contributed by atoms with Gasteiger partial charge < -0.3 is 4.74 Å². The zero-order chi connectivity index (χ0) is 21.9. The van der Waals surface area contributed by atoms with Gasteiger partial charge in [0, 0.05) is 36.9 Å². The summed E-state index contributed by atoms with van der Waals surface area (Å²) in [6.07, 6.45) is 4.61. The van der Waals surface area contributed by atoms with E-state index in [2.05, 4.69) is 17.1 Å². The molecule has 0 fully saturated rings. The molecule has 0 aliphatic carbocycles. The lowest BCUT2D eigenvalue weighted by Gasteiger charge is -2.22. The molecule has 3 heterocycles. The Labute approximate surface area is 186 Å². The monoisotopic (exact) mass is 422 g/mol. The molecule has 32 heavy (non-hydrogen) atoms. The number of ether oxygens (including phenoxy) is 1. The molecule has 0 radical (unpaired) electrons. The first-order valence-corrected chi connectivity index (χ1v) is 10.5. The van der Waals surface area contributed by atoms with Crippen LogP contribution in [-0.4, -0.2) is 40.5 Å². The van der Waals surface area contributed by atoms with Gasteiger partial charge in [0.1, 0.15) is 6.04 Å². The molecule has 1 atom stereocenters. The van der Waals surface area contributed by atoms with E-state index >= 15 is 0 Å². The number of carbonyl (C=O) groups excluding carboxylic acids is 1. The molecule has 6 heteroatoms. The number of aliphatic imine (C=N–C) groups is 2. The summed E-state index contributed by atoms with van der Waals surface area (Å²) >= 11 is 0. The third kappa shape index (κ3) is 3.95. The second-order valence-electron chi connectivity index (χ2n) is 7.69. The lowest BCUT2D eigenvalue weighted by molar-refractivity contribution is -0.125. The van der Waals surface area contributed by atoms with Crippen LogP contribution in [0.2, 0.25) is 0 Å². The number of hydrogen-bond acceptors (Lipinski definition) is 5. The third-order valence-electron chi connectivity index (χ3n) is 5.51. The van der Waals surface area contributed by atoms with Gasteiger partial charge >= 0.3 is 0 Å². The van der Waals surface area contributed by atoms with Crippen molar-refractivity contribution in [1.29, 1.82) is 0 Å². The highest BCUT2D eigenvalue weighted by atomic mass is 16.5. The molecule has 0 saturated carbocycles. The number of pyridine rings is 1. The first kappa shape index (κ1) is 19.9. The minimum Gasteiger partial charge on any atom is -0.481 e. The summed E-state index contributed by atoms with van der Waals surface area (Å²) in [7, 11) is 1.58. The second kappa shape index (κ2) is 8.59. The maximum Gasteiger partial charge on any atom is 0.257 e. The molecule has 1 aromatic heterocycles. The zero-order valence-electron chi connectivity index (χ0n) is 17.7. The average molecular weight is 422 g/mol. The van der Waals surface area contributed by atoms with Crippen LogP contribution in [0.5, 0.6) is 5.88 Å². The van der Waals surface area contributed by atoms with E-state index < -0.39 is 6.04 Å². The van der Waals surface area contributed by atoms with Crippen molar-refractivity contribution in [3.05, 3.63) is 102 Å². The van der Waals surface area contributed by atoms with Crippen LogP contribution < -0.4 is 4.74 Å². The number of amides is 1. The average Bonchev–Trinajstić information content (AvgIpc) is 3.16. The van der Waals surface area contributed by atoms with Crippen LogP contribution in [0.4, 0.5) is 0 Å². The fraction of sp³-hybridized carbons (Fsp3) is 0.154. The van der Waals surface area contributed by atoms with E-state index in [0.29, 0.717) is 24.6 Å². The third-order valence-corrected chi connectivity index (χ3v) is 5.51. The number of fused-ring (bicyclic) bond motifs is 1. The van der Waals surface area contributed by atoms with Crippen LogP contribution >= 0.6 is 0 Å². The van der Waals surface area contributed by atoms with Gasteiger partial charge in [-0.1, -0.05) is 66.7 Å². The van der Waals surface area contributed by atoms with Crippen molar-refractivity contribution in [2.45, 2.75) is 18.9 Å². The fourth-order valence-corrected chi connectivity index (χ4v) is 3.88. The minimum atomic E-state index is -0.507. The van der Waals surface area contributed by atoms with Crippen LogP contribution in [-0.2, 0) is 17.6 Å². The van der Waals surface area contributed by atoms with Gasteiger partial charge in [-0.2, -0.15) is 0 Å². The first-order valence-electron chi connectivity index (χ1n) is 10.5. The molecule has 3 aromatic rings. The standard InChI is InChI=1S/C26H22N4O2/c1-32-24-13-12-19(16-27-24)15-22-26(31)30-17-23(20-10-6-3-7-11-20)28-21(25(30)29-22)14-18-8-4-2-5-9-18/h2-13,16-17,22H,14-15H2,1H3. The van der Waals surface area contributed by atoms with Gasteiger partial charge in [0.15, 0.2) is 5.84 Å². The molecule has 6 nitrogen and oxygen atoms in total. The second-order valence-corrected chi connectivity index (χ2v) is 7.69. The lowest BCUT2D eigenvalue weighted by atomic mass is 10.0. The van der Waals surface area contributed by atoms with Gasteiger partial charge in [-0.25, -0.2) is 9.98 Å². The summed E-state index contributed by atoms with van der Waals surface area (Å²) in [6.45, 7) is 0. The van der Waals surface area contributed by atoms with Crippen LogP contribution in [0.15, 0.2) is 95.2 Å². The van der Waals surface area contributed by atoms with E-state index in [1.165, 1.54) is 0 Å². The molecular formula is C26H22N4O2. The number of nitrogens with zero attached hydrogens (tertiary/aromatic N) is 4. The summed E-state index contributed by atoms with van der Waals surface area (Å²) in [6, 6.07) is 23.2. The minimum absolute atomic E-state index is 0.0512. The molecular weight excluding hydrogens is 400 g/mol. The summed E-state index contributed by atoms with van der Waals surface area (Å²) in [5.74, 6) is 1.12. The molecule has 0 saturated heterocycles. The quantitative estimate of drug-likeness (QED) is 0.604. The van der Waals surface area contributed by atoms with E-state index in [1.807, 2.05) is 54.6 Å². The number of hydrogen-bond donors (Lipinski definition) is 0. The van der Waals surface area contributed by atoms with Crippen molar-refractivity contribution in [2.75, 3.05) is 7.11 Å². The van der Waals surface area contributed by atoms with E-state index in [-0.39, 0.29) is 5.91 Å². The molecule has 2 aromatic carbocycles. The Kier molecular flexibility index (Phi) is 5.34. The predicted molar refractivity (Wildman–Crippen MR) is 125 cm³/mol. The maximum absolute atomic E-state index is 13.3. The maximum atomic E-state index is 13.3. The normalized spacial score (nSPS) is 17.4. The number of amidine groups is 1. The van der Waals surface area contributed by atoms with E-state index in [1.54, 1.807) is 30.5 Å². The summed E-state index contributed by atoms with van der Waals surface area (Å²) in [5, 5.41) is 0. The number of rotatable bonds is 6. The van der Waals surface area contributed by atoms with Crippen molar-refractivity contribution < 1.29 is 9.53 Å². The summed E-state index contributed by atoms with van der Waals surface area (Å²) in [4.78, 5) is 28.9. The predicted octanol–water partition coefficient (Wildman–Crippen LogP) is 3.94. The van der Waals surface area contributed by atoms with Crippen molar-refractivity contribution >= 4 is 23.2 Å². The highest BCUT2D eigenvalue weighted by Crippen LogP contribution is 2.27. The number of carbonyl (C=O) groups is 1. The Morgan fingerprint density at radius 2 is 1.69 bits per heavy atom. The van der Waals surface area contributed by atoms with E-state index in [0.717, 1.165) is 28.1 Å².